The number of halogens is 2. The summed E-state index contributed by atoms with van der Waals surface area (Å²) in [6.45, 7) is 0.276. The zero-order valence-corrected chi connectivity index (χ0v) is 18.2. The highest BCUT2D eigenvalue weighted by Crippen LogP contribution is 2.28. The molecule has 0 amide bonds. The predicted molar refractivity (Wildman–Crippen MR) is 115 cm³/mol. The van der Waals surface area contributed by atoms with Gasteiger partial charge in [-0.25, -0.2) is 13.1 Å². The van der Waals surface area contributed by atoms with Crippen LogP contribution in [-0.4, -0.2) is 25.3 Å². The topological polar surface area (TPSA) is 68.2 Å². The average Bonchev–Trinajstić information content (AvgIpc) is 2.90. The Labute approximate surface area is 175 Å². The van der Waals surface area contributed by atoms with Crippen molar-refractivity contribution in [3.63, 3.8) is 0 Å². The van der Waals surface area contributed by atoms with Gasteiger partial charge in [-0.1, -0.05) is 40.6 Å². The van der Waals surface area contributed by atoms with Crippen molar-refractivity contribution in [2.45, 2.75) is 10.6 Å². The third-order valence-corrected chi connectivity index (χ3v) is 8.07. The van der Waals surface area contributed by atoms with Crippen molar-refractivity contribution < 1.29 is 8.42 Å². The molecule has 0 radical (unpaired) electrons. The van der Waals surface area contributed by atoms with E-state index in [0.717, 1.165) is 22.4 Å². The first-order valence-corrected chi connectivity index (χ1v) is 12.1. The first-order valence-electron chi connectivity index (χ1n) is 7.89. The molecule has 27 heavy (non-hydrogen) atoms. The van der Waals surface area contributed by atoms with Gasteiger partial charge in [0, 0.05) is 35.1 Å². The van der Waals surface area contributed by atoms with E-state index in [0.29, 0.717) is 26.3 Å². The summed E-state index contributed by atoms with van der Waals surface area (Å²) in [5.41, 5.74) is 1.56. The lowest BCUT2D eigenvalue weighted by molar-refractivity contribution is 0.584. The summed E-state index contributed by atoms with van der Waals surface area (Å²) in [4.78, 5) is 11.7. The number of thiazole rings is 1. The summed E-state index contributed by atoms with van der Waals surface area (Å²) in [6, 6.07) is 10.0. The van der Waals surface area contributed by atoms with Gasteiger partial charge in [0.2, 0.25) is 10.0 Å². The van der Waals surface area contributed by atoms with Crippen LogP contribution in [0.5, 0.6) is 0 Å². The standard InChI is InChI=1S/C17H16Cl2N2O3S3/c1-21-15-6-5-11(9-16(15)26-17(21)22)27(23,24)20-7-8-25-10-12-13(18)3-2-4-14(12)19/h2-6,9,20H,7-8,10H2,1H3. The number of sulfonamides is 1. The monoisotopic (exact) mass is 462 g/mol. The number of aryl methyl sites for hydroxylation is 1. The molecule has 144 valence electrons. The van der Waals surface area contributed by atoms with Crippen molar-refractivity contribution in [1.29, 1.82) is 0 Å². The molecule has 0 atom stereocenters. The van der Waals surface area contributed by atoms with Crippen LogP contribution in [-0.2, 0) is 22.8 Å². The number of nitrogens with zero attached hydrogens (tertiary/aromatic N) is 1. The normalized spacial score (nSPS) is 12.0. The Kier molecular flexibility index (Phi) is 6.55. The third kappa shape index (κ3) is 4.70. The molecule has 2 aromatic carbocycles. The van der Waals surface area contributed by atoms with Gasteiger partial charge in [0.25, 0.3) is 0 Å². The first-order chi connectivity index (χ1) is 12.8. The smallest absolute Gasteiger partial charge is 0.302 e. The Hall–Kier alpha value is -1.03. The van der Waals surface area contributed by atoms with E-state index in [1.807, 2.05) is 0 Å². The number of hydrogen-bond donors (Lipinski definition) is 1. The number of aromatic nitrogens is 1. The van der Waals surface area contributed by atoms with E-state index in [9.17, 15) is 13.2 Å². The van der Waals surface area contributed by atoms with Gasteiger partial charge < -0.3 is 4.57 Å². The average molecular weight is 463 g/mol. The molecule has 10 heteroatoms. The van der Waals surface area contributed by atoms with Crippen LogP contribution >= 0.6 is 46.3 Å². The molecule has 0 saturated heterocycles. The fourth-order valence-electron chi connectivity index (χ4n) is 2.46. The number of rotatable bonds is 7. The minimum atomic E-state index is -3.64. The highest BCUT2D eigenvalue weighted by molar-refractivity contribution is 7.98. The van der Waals surface area contributed by atoms with Crippen molar-refractivity contribution in [2.24, 2.45) is 7.05 Å². The number of fused-ring (bicyclic) bond motifs is 1. The van der Waals surface area contributed by atoms with E-state index < -0.39 is 10.0 Å². The predicted octanol–water partition coefficient (Wildman–Crippen LogP) is 4.12. The second-order valence-corrected chi connectivity index (χ2v) is 10.4. The lowest BCUT2D eigenvalue weighted by atomic mass is 10.2. The van der Waals surface area contributed by atoms with E-state index in [1.165, 1.54) is 28.5 Å². The zero-order chi connectivity index (χ0) is 19.6. The van der Waals surface area contributed by atoms with Crippen LogP contribution in [0.3, 0.4) is 0 Å². The fraction of sp³-hybridized carbons (Fsp3) is 0.235. The Morgan fingerprint density at radius 1 is 1.19 bits per heavy atom. The number of nitrogens with one attached hydrogen (secondary N) is 1. The Balaban J connectivity index is 1.59. The van der Waals surface area contributed by atoms with Gasteiger partial charge in [-0.2, -0.15) is 11.8 Å². The third-order valence-electron chi connectivity index (χ3n) is 3.92. The van der Waals surface area contributed by atoms with Gasteiger partial charge >= 0.3 is 4.87 Å². The van der Waals surface area contributed by atoms with Crippen molar-refractivity contribution in [3.8, 4) is 0 Å². The van der Waals surface area contributed by atoms with Crippen LogP contribution in [0.4, 0.5) is 0 Å². The molecule has 3 aromatic rings. The molecule has 1 heterocycles. The summed E-state index contributed by atoms with van der Waals surface area (Å²) in [5, 5.41) is 1.21. The van der Waals surface area contributed by atoms with E-state index in [-0.39, 0.29) is 16.3 Å². The second kappa shape index (κ2) is 8.55. The molecular weight excluding hydrogens is 447 g/mol. The van der Waals surface area contributed by atoms with Crippen molar-refractivity contribution in [2.75, 3.05) is 12.3 Å². The van der Waals surface area contributed by atoms with Crippen LogP contribution in [0.2, 0.25) is 10.0 Å². The molecule has 0 aliphatic carbocycles. The maximum Gasteiger partial charge on any atom is 0.307 e. The maximum atomic E-state index is 12.5. The summed E-state index contributed by atoms with van der Waals surface area (Å²) in [5.74, 6) is 1.17. The Morgan fingerprint density at radius 3 is 2.59 bits per heavy atom. The number of thioether (sulfide) groups is 1. The largest absolute Gasteiger partial charge is 0.307 e. The minimum absolute atomic E-state index is 0.123. The molecule has 0 unspecified atom stereocenters. The summed E-state index contributed by atoms with van der Waals surface area (Å²) >= 11 is 14.8. The minimum Gasteiger partial charge on any atom is -0.302 e. The number of hydrogen-bond acceptors (Lipinski definition) is 5. The summed E-state index contributed by atoms with van der Waals surface area (Å²) in [6.07, 6.45) is 0. The van der Waals surface area contributed by atoms with Crippen LogP contribution < -0.4 is 9.60 Å². The second-order valence-electron chi connectivity index (χ2n) is 5.71. The summed E-state index contributed by atoms with van der Waals surface area (Å²) < 4.78 is 29.7. The zero-order valence-electron chi connectivity index (χ0n) is 14.2. The van der Waals surface area contributed by atoms with Crippen LogP contribution in [0.25, 0.3) is 10.2 Å². The lowest BCUT2D eigenvalue weighted by Crippen LogP contribution is -2.26. The molecule has 5 nitrogen and oxygen atoms in total. The Bertz CT molecular complexity index is 1120. The van der Waals surface area contributed by atoms with Gasteiger partial charge in [-0.05, 0) is 35.9 Å². The molecule has 0 aliphatic rings. The van der Waals surface area contributed by atoms with E-state index in [2.05, 4.69) is 4.72 Å². The van der Waals surface area contributed by atoms with Crippen molar-refractivity contribution >= 4 is 66.5 Å². The quantitative estimate of drug-likeness (QED) is 0.536. The molecule has 1 N–H and O–H groups in total. The lowest BCUT2D eigenvalue weighted by Gasteiger charge is -2.08. The molecule has 0 aliphatic heterocycles. The molecule has 1 aromatic heterocycles. The molecule has 0 saturated carbocycles. The maximum absolute atomic E-state index is 12.5. The highest BCUT2D eigenvalue weighted by atomic mass is 35.5. The fourth-order valence-corrected chi connectivity index (χ4v) is 6.23. The van der Waals surface area contributed by atoms with E-state index in [4.69, 9.17) is 23.2 Å². The van der Waals surface area contributed by atoms with Gasteiger partial charge in [-0.15, -0.1) is 0 Å². The Morgan fingerprint density at radius 2 is 1.89 bits per heavy atom. The van der Waals surface area contributed by atoms with E-state index in [1.54, 1.807) is 31.3 Å². The van der Waals surface area contributed by atoms with Crippen molar-refractivity contribution in [3.05, 3.63) is 61.7 Å². The van der Waals surface area contributed by atoms with Crippen LogP contribution in [0, 0.1) is 0 Å². The first kappa shape index (κ1) is 20.7. The van der Waals surface area contributed by atoms with Gasteiger partial charge in [-0.3, -0.25) is 4.79 Å². The number of benzene rings is 2. The molecule has 3 rings (SSSR count). The van der Waals surface area contributed by atoms with Crippen LogP contribution in [0.15, 0.2) is 46.1 Å². The summed E-state index contributed by atoms with van der Waals surface area (Å²) in [7, 11) is -1.97. The van der Waals surface area contributed by atoms with Crippen LogP contribution in [0.1, 0.15) is 5.56 Å². The van der Waals surface area contributed by atoms with E-state index >= 15 is 0 Å². The highest BCUT2D eigenvalue weighted by Gasteiger charge is 2.16. The van der Waals surface area contributed by atoms with Gasteiger partial charge in [0.1, 0.15) is 0 Å². The molecular formula is C17H16Cl2N2O3S3. The SMILES string of the molecule is Cn1c(=O)sc2cc(S(=O)(=O)NCCSCc3c(Cl)cccc3Cl)ccc21. The molecule has 0 bridgehead atoms. The van der Waals surface area contributed by atoms with Crippen molar-refractivity contribution in [1.82, 2.24) is 9.29 Å². The molecule has 0 fully saturated rings. The van der Waals surface area contributed by atoms with Gasteiger partial charge in [0.15, 0.2) is 0 Å². The molecule has 0 spiro atoms. The van der Waals surface area contributed by atoms with Gasteiger partial charge in [0.05, 0.1) is 15.1 Å².